The SMILES string of the molecule is CCc1nc2cccc(N3CCNCC3)c2s1. The number of thiazole rings is 1. The molecule has 1 aromatic carbocycles. The van der Waals surface area contributed by atoms with Gasteiger partial charge in [0.2, 0.25) is 0 Å². The largest absolute Gasteiger partial charge is 0.368 e. The summed E-state index contributed by atoms with van der Waals surface area (Å²) in [7, 11) is 0. The molecule has 0 aliphatic carbocycles. The Hall–Kier alpha value is -1.13. The monoisotopic (exact) mass is 247 g/mol. The van der Waals surface area contributed by atoms with Gasteiger partial charge in [0, 0.05) is 26.2 Å². The Bertz CT molecular complexity index is 514. The van der Waals surface area contributed by atoms with Crippen molar-refractivity contribution in [2.45, 2.75) is 13.3 Å². The molecule has 0 radical (unpaired) electrons. The summed E-state index contributed by atoms with van der Waals surface area (Å²) in [5.41, 5.74) is 2.52. The number of nitrogens with one attached hydrogen (secondary N) is 1. The highest BCUT2D eigenvalue weighted by Crippen LogP contribution is 2.32. The molecular formula is C13H17N3S. The first kappa shape index (κ1) is 11.0. The summed E-state index contributed by atoms with van der Waals surface area (Å²) >= 11 is 1.84. The molecule has 1 aliphatic rings. The van der Waals surface area contributed by atoms with Gasteiger partial charge in [0.1, 0.15) is 0 Å². The van der Waals surface area contributed by atoms with Crippen LogP contribution >= 0.6 is 11.3 Å². The highest BCUT2D eigenvalue weighted by Gasteiger charge is 2.15. The maximum absolute atomic E-state index is 4.66. The molecule has 0 amide bonds. The molecule has 1 aromatic heterocycles. The van der Waals surface area contributed by atoms with Crippen molar-refractivity contribution in [3.63, 3.8) is 0 Å². The second-order valence-electron chi connectivity index (χ2n) is 4.32. The van der Waals surface area contributed by atoms with Gasteiger partial charge in [-0.05, 0) is 18.6 Å². The molecule has 0 saturated carbocycles. The number of aromatic nitrogens is 1. The molecule has 0 unspecified atom stereocenters. The lowest BCUT2D eigenvalue weighted by Gasteiger charge is -2.29. The smallest absolute Gasteiger partial charge is 0.0936 e. The van der Waals surface area contributed by atoms with Crippen LogP contribution in [0.5, 0.6) is 0 Å². The number of benzene rings is 1. The second kappa shape index (κ2) is 4.63. The number of fused-ring (bicyclic) bond motifs is 1. The minimum atomic E-state index is 1.03. The quantitative estimate of drug-likeness (QED) is 0.882. The Morgan fingerprint density at radius 3 is 2.94 bits per heavy atom. The zero-order valence-electron chi connectivity index (χ0n) is 10.1. The van der Waals surface area contributed by atoms with Crippen molar-refractivity contribution >= 4 is 27.2 Å². The molecule has 0 spiro atoms. The summed E-state index contributed by atoms with van der Waals surface area (Å²) in [6.45, 7) is 6.52. The molecule has 1 saturated heterocycles. The molecule has 2 heterocycles. The summed E-state index contributed by atoms with van der Waals surface area (Å²) in [6, 6.07) is 6.47. The first-order valence-electron chi connectivity index (χ1n) is 6.22. The second-order valence-corrected chi connectivity index (χ2v) is 5.41. The van der Waals surface area contributed by atoms with E-state index in [4.69, 9.17) is 0 Å². The van der Waals surface area contributed by atoms with Gasteiger partial charge in [-0.15, -0.1) is 11.3 Å². The van der Waals surface area contributed by atoms with E-state index in [-0.39, 0.29) is 0 Å². The van der Waals surface area contributed by atoms with Crippen LogP contribution in [0, 0.1) is 0 Å². The fraction of sp³-hybridized carbons (Fsp3) is 0.462. The summed E-state index contributed by atoms with van der Waals surface area (Å²) in [6.07, 6.45) is 1.03. The van der Waals surface area contributed by atoms with Gasteiger partial charge in [0.15, 0.2) is 0 Å². The number of hydrogen-bond donors (Lipinski definition) is 1. The maximum Gasteiger partial charge on any atom is 0.0936 e. The molecule has 90 valence electrons. The van der Waals surface area contributed by atoms with Crippen molar-refractivity contribution in [1.29, 1.82) is 0 Å². The van der Waals surface area contributed by atoms with Gasteiger partial charge in [-0.1, -0.05) is 13.0 Å². The molecular weight excluding hydrogens is 230 g/mol. The van der Waals surface area contributed by atoms with Crippen molar-refractivity contribution in [1.82, 2.24) is 10.3 Å². The number of nitrogens with zero attached hydrogens (tertiary/aromatic N) is 2. The van der Waals surface area contributed by atoms with Crippen molar-refractivity contribution < 1.29 is 0 Å². The number of piperazine rings is 1. The van der Waals surface area contributed by atoms with Crippen LogP contribution < -0.4 is 10.2 Å². The highest BCUT2D eigenvalue weighted by molar-refractivity contribution is 7.19. The van der Waals surface area contributed by atoms with E-state index in [1.807, 2.05) is 11.3 Å². The summed E-state index contributed by atoms with van der Waals surface area (Å²) in [4.78, 5) is 7.13. The first-order chi connectivity index (χ1) is 8.38. The number of aryl methyl sites for hydroxylation is 1. The molecule has 1 fully saturated rings. The number of hydrogen-bond acceptors (Lipinski definition) is 4. The predicted octanol–water partition coefficient (Wildman–Crippen LogP) is 2.27. The van der Waals surface area contributed by atoms with E-state index in [9.17, 15) is 0 Å². The Kier molecular flexibility index (Phi) is 2.99. The van der Waals surface area contributed by atoms with Crippen LogP contribution in [0.15, 0.2) is 18.2 Å². The highest BCUT2D eigenvalue weighted by atomic mass is 32.1. The summed E-state index contributed by atoms with van der Waals surface area (Å²) in [5.74, 6) is 0. The Labute approximate surface area is 105 Å². The standard InChI is InChI=1S/C13H17N3S/c1-2-12-15-10-4-3-5-11(13(10)17-12)16-8-6-14-7-9-16/h3-5,14H,2,6-9H2,1H3. The van der Waals surface area contributed by atoms with Crippen LogP contribution in [0.2, 0.25) is 0 Å². The molecule has 1 aliphatic heterocycles. The third-order valence-electron chi connectivity index (χ3n) is 3.20. The van der Waals surface area contributed by atoms with Crippen molar-refractivity contribution in [2.24, 2.45) is 0 Å². The lowest BCUT2D eigenvalue weighted by atomic mass is 10.2. The van der Waals surface area contributed by atoms with Crippen molar-refractivity contribution in [3.05, 3.63) is 23.2 Å². The first-order valence-corrected chi connectivity index (χ1v) is 7.04. The molecule has 3 rings (SSSR count). The molecule has 0 atom stereocenters. The van der Waals surface area contributed by atoms with Crippen LogP contribution in [0.3, 0.4) is 0 Å². The van der Waals surface area contributed by atoms with Gasteiger partial charge in [-0.3, -0.25) is 0 Å². The molecule has 0 bridgehead atoms. The predicted molar refractivity (Wildman–Crippen MR) is 74.1 cm³/mol. The van der Waals surface area contributed by atoms with Crippen molar-refractivity contribution in [3.8, 4) is 0 Å². The molecule has 3 nitrogen and oxygen atoms in total. The molecule has 4 heteroatoms. The van der Waals surface area contributed by atoms with Crippen molar-refractivity contribution in [2.75, 3.05) is 31.1 Å². The summed E-state index contributed by atoms with van der Waals surface area (Å²) in [5, 5.41) is 4.63. The third kappa shape index (κ3) is 2.03. The van der Waals surface area contributed by atoms with E-state index >= 15 is 0 Å². The number of rotatable bonds is 2. The van der Waals surface area contributed by atoms with Crippen LogP contribution in [0.1, 0.15) is 11.9 Å². The fourth-order valence-electron chi connectivity index (χ4n) is 2.29. The van der Waals surface area contributed by atoms with Crippen LogP contribution in [-0.4, -0.2) is 31.2 Å². The topological polar surface area (TPSA) is 28.2 Å². The van der Waals surface area contributed by atoms with E-state index in [1.165, 1.54) is 15.4 Å². The molecule has 17 heavy (non-hydrogen) atoms. The zero-order valence-corrected chi connectivity index (χ0v) is 10.9. The van der Waals surface area contributed by atoms with E-state index in [1.54, 1.807) is 0 Å². The van der Waals surface area contributed by atoms with Gasteiger partial charge >= 0.3 is 0 Å². The van der Waals surface area contributed by atoms with Gasteiger partial charge in [-0.25, -0.2) is 4.98 Å². The van der Waals surface area contributed by atoms with Gasteiger partial charge in [0.05, 0.1) is 20.9 Å². The van der Waals surface area contributed by atoms with Gasteiger partial charge in [-0.2, -0.15) is 0 Å². The normalized spacial score (nSPS) is 16.6. The Balaban J connectivity index is 2.05. The average Bonchev–Trinajstić information content (AvgIpc) is 2.82. The van der Waals surface area contributed by atoms with Gasteiger partial charge in [0.25, 0.3) is 0 Å². The van der Waals surface area contributed by atoms with Gasteiger partial charge < -0.3 is 10.2 Å². The number of anilines is 1. The third-order valence-corrected chi connectivity index (χ3v) is 4.44. The van der Waals surface area contributed by atoms with Crippen LogP contribution in [-0.2, 0) is 6.42 Å². The van der Waals surface area contributed by atoms with Crippen LogP contribution in [0.4, 0.5) is 5.69 Å². The van der Waals surface area contributed by atoms with E-state index < -0.39 is 0 Å². The average molecular weight is 247 g/mol. The van der Waals surface area contributed by atoms with Crippen LogP contribution in [0.25, 0.3) is 10.2 Å². The Morgan fingerprint density at radius 1 is 1.35 bits per heavy atom. The fourth-order valence-corrected chi connectivity index (χ4v) is 3.33. The minimum absolute atomic E-state index is 1.03. The minimum Gasteiger partial charge on any atom is -0.368 e. The molecule has 2 aromatic rings. The lowest BCUT2D eigenvalue weighted by Crippen LogP contribution is -2.43. The molecule has 1 N–H and O–H groups in total. The van der Waals surface area contributed by atoms with E-state index in [0.29, 0.717) is 0 Å². The van der Waals surface area contributed by atoms with E-state index in [2.05, 4.69) is 40.3 Å². The lowest BCUT2D eigenvalue weighted by molar-refractivity contribution is 0.590. The zero-order chi connectivity index (χ0) is 11.7. The van der Waals surface area contributed by atoms with E-state index in [0.717, 1.165) is 38.1 Å². The maximum atomic E-state index is 4.66. The Morgan fingerprint density at radius 2 is 2.18 bits per heavy atom. The summed E-state index contributed by atoms with van der Waals surface area (Å²) < 4.78 is 1.35.